The first kappa shape index (κ1) is 35.1. The van der Waals surface area contributed by atoms with E-state index in [2.05, 4.69) is 19.9 Å². The van der Waals surface area contributed by atoms with E-state index < -0.39 is 0 Å². The van der Waals surface area contributed by atoms with Gasteiger partial charge in [0.2, 0.25) is 0 Å². The van der Waals surface area contributed by atoms with Gasteiger partial charge in [0.05, 0.1) is 19.0 Å². The fraction of sp³-hybridized carbons (Fsp3) is 0.265. The lowest BCUT2D eigenvalue weighted by atomic mass is 10.2. The molecule has 0 amide bonds. The fourth-order valence-corrected chi connectivity index (χ4v) is 4.33. The normalized spacial score (nSPS) is 11.4. The summed E-state index contributed by atoms with van der Waals surface area (Å²) in [5.74, 6) is 1.41. The van der Waals surface area contributed by atoms with Crippen molar-refractivity contribution in [2.24, 2.45) is 0 Å². The molecule has 0 aliphatic carbocycles. The molecule has 0 aromatic carbocycles. The van der Waals surface area contributed by atoms with Crippen LogP contribution in [0.15, 0.2) is 98.4 Å². The van der Waals surface area contributed by atoms with Crippen LogP contribution in [0.1, 0.15) is 42.5 Å². The number of aliphatic hydroxyl groups is 1. The molecule has 6 aromatic heterocycles. The standard InChI is InChI=1S/C14H13N3O2.C14H13N3O.C4H8O.CO2.CH4/c18-9-11-3-4-15-8-13(11)19-10-12-2-1-6-17-7-5-16-14(12)17;1-11-4-5-15-9-13(11)18-10-12-3-2-7-17-8-6-16-14(12)17;1-2-4-5-3-1;2-1-3;/h1-8,18H,9-10H2;2-9H,10H2,1H3;1-4H2;;1H4. The van der Waals surface area contributed by atoms with Crippen molar-refractivity contribution in [2.45, 2.75) is 47.0 Å². The third-order valence-electron chi connectivity index (χ3n) is 6.63. The molecule has 12 nitrogen and oxygen atoms in total. The fourth-order valence-electron chi connectivity index (χ4n) is 4.33. The van der Waals surface area contributed by atoms with Crippen LogP contribution >= 0.6 is 0 Å². The molecule has 1 fully saturated rings. The maximum absolute atomic E-state index is 9.23. The maximum Gasteiger partial charge on any atom is 0.373 e. The number of imidazole rings is 2. The van der Waals surface area contributed by atoms with Gasteiger partial charge < -0.3 is 28.1 Å². The van der Waals surface area contributed by atoms with E-state index in [1.807, 2.05) is 70.8 Å². The molecule has 12 heteroatoms. The van der Waals surface area contributed by atoms with Crippen molar-refractivity contribution in [3.05, 3.63) is 121 Å². The van der Waals surface area contributed by atoms with Crippen LogP contribution in [0, 0.1) is 6.92 Å². The topological polar surface area (TPSA) is 142 Å². The highest BCUT2D eigenvalue weighted by molar-refractivity contribution is 5.48. The van der Waals surface area contributed by atoms with Gasteiger partial charge in [0.25, 0.3) is 0 Å². The molecule has 0 unspecified atom stereocenters. The number of hydrogen-bond donors (Lipinski definition) is 1. The SMILES string of the molecule is C.C1CCOC1.Cc1ccncc1OCc1cccn2ccnc12.O=C=O.OCc1ccncc1OCc1cccn2ccnc12. The van der Waals surface area contributed by atoms with Crippen LogP contribution in [0.3, 0.4) is 0 Å². The van der Waals surface area contributed by atoms with Gasteiger partial charge in [0.15, 0.2) is 0 Å². The lowest BCUT2D eigenvalue weighted by Crippen LogP contribution is -2.01. The van der Waals surface area contributed by atoms with Gasteiger partial charge >= 0.3 is 6.15 Å². The van der Waals surface area contributed by atoms with Crippen molar-refractivity contribution >= 4 is 17.4 Å². The second kappa shape index (κ2) is 19.1. The first-order chi connectivity index (χ1) is 22.1. The number of carbonyl (C=O) groups excluding carboxylic acids is 2. The van der Waals surface area contributed by atoms with Crippen molar-refractivity contribution in [3.63, 3.8) is 0 Å². The molecule has 46 heavy (non-hydrogen) atoms. The van der Waals surface area contributed by atoms with Crippen LogP contribution in [0.25, 0.3) is 11.3 Å². The summed E-state index contributed by atoms with van der Waals surface area (Å²) in [6.45, 7) is 4.83. The molecule has 6 aromatic rings. The van der Waals surface area contributed by atoms with Crippen molar-refractivity contribution in [1.82, 2.24) is 28.7 Å². The van der Waals surface area contributed by atoms with Crippen LogP contribution in [-0.2, 0) is 34.1 Å². The molecular formula is C34H38N6O6. The number of nitrogens with zero attached hydrogens (tertiary/aromatic N) is 6. The zero-order valence-electron chi connectivity index (χ0n) is 24.9. The van der Waals surface area contributed by atoms with Gasteiger partial charge in [-0.25, -0.2) is 9.97 Å². The van der Waals surface area contributed by atoms with E-state index in [9.17, 15) is 5.11 Å². The molecule has 1 aliphatic heterocycles. The van der Waals surface area contributed by atoms with Crippen molar-refractivity contribution in [3.8, 4) is 11.5 Å². The van der Waals surface area contributed by atoms with E-state index in [1.165, 1.54) is 12.8 Å². The van der Waals surface area contributed by atoms with Gasteiger partial charge in [-0.05, 0) is 49.6 Å². The van der Waals surface area contributed by atoms with Crippen LogP contribution in [-0.4, -0.2) is 53.2 Å². The Morgan fingerprint density at radius 2 is 1.28 bits per heavy atom. The highest BCUT2D eigenvalue weighted by Crippen LogP contribution is 2.20. The summed E-state index contributed by atoms with van der Waals surface area (Å²) in [5, 5.41) is 9.23. The predicted octanol–water partition coefficient (Wildman–Crippen LogP) is 5.27. The summed E-state index contributed by atoms with van der Waals surface area (Å²) in [4.78, 5) is 32.9. The Balaban J connectivity index is 0.000000199. The van der Waals surface area contributed by atoms with E-state index >= 15 is 0 Å². The van der Waals surface area contributed by atoms with Gasteiger partial charge in [0, 0.05) is 79.5 Å². The van der Waals surface area contributed by atoms with Crippen LogP contribution in [0.5, 0.6) is 11.5 Å². The molecule has 1 aliphatic rings. The lowest BCUT2D eigenvalue weighted by Gasteiger charge is -2.09. The lowest BCUT2D eigenvalue weighted by molar-refractivity contribution is -0.191. The molecule has 240 valence electrons. The van der Waals surface area contributed by atoms with E-state index in [-0.39, 0.29) is 20.2 Å². The Labute approximate surface area is 267 Å². The van der Waals surface area contributed by atoms with E-state index in [1.54, 1.807) is 43.2 Å². The number of hydrogen-bond acceptors (Lipinski definition) is 10. The molecule has 7 rings (SSSR count). The first-order valence-corrected chi connectivity index (χ1v) is 14.2. The summed E-state index contributed by atoms with van der Waals surface area (Å²) >= 11 is 0. The third kappa shape index (κ3) is 10.1. The molecule has 1 N–H and O–H groups in total. The number of rotatable bonds is 7. The summed E-state index contributed by atoms with van der Waals surface area (Å²) < 4.78 is 20.4. The molecule has 0 spiro atoms. The number of aryl methyl sites for hydroxylation is 1. The third-order valence-corrected chi connectivity index (χ3v) is 6.63. The van der Waals surface area contributed by atoms with Gasteiger partial charge in [0.1, 0.15) is 36.0 Å². The average molecular weight is 627 g/mol. The summed E-state index contributed by atoms with van der Waals surface area (Å²) in [7, 11) is 0. The molecule has 0 bridgehead atoms. The predicted molar refractivity (Wildman–Crippen MR) is 170 cm³/mol. The summed E-state index contributed by atoms with van der Waals surface area (Å²) in [5.41, 5.74) is 5.66. The minimum absolute atomic E-state index is 0. The second-order valence-electron chi connectivity index (χ2n) is 9.65. The first-order valence-electron chi connectivity index (χ1n) is 14.2. The van der Waals surface area contributed by atoms with Crippen molar-refractivity contribution in [2.75, 3.05) is 13.2 Å². The van der Waals surface area contributed by atoms with Crippen LogP contribution < -0.4 is 9.47 Å². The van der Waals surface area contributed by atoms with Gasteiger partial charge in [-0.15, -0.1) is 0 Å². The monoisotopic (exact) mass is 626 g/mol. The Bertz CT molecular complexity index is 1790. The van der Waals surface area contributed by atoms with Gasteiger partial charge in [-0.1, -0.05) is 19.6 Å². The number of fused-ring (bicyclic) bond motifs is 2. The van der Waals surface area contributed by atoms with Crippen LogP contribution in [0.4, 0.5) is 0 Å². The quantitative estimate of drug-likeness (QED) is 0.249. The molecule has 0 saturated carbocycles. The molecule has 0 atom stereocenters. The maximum atomic E-state index is 9.23. The highest BCUT2D eigenvalue weighted by atomic mass is 16.5. The number of aromatic nitrogens is 6. The Hall–Kier alpha value is -5.42. The number of pyridine rings is 4. The smallest absolute Gasteiger partial charge is 0.373 e. The van der Waals surface area contributed by atoms with Crippen molar-refractivity contribution in [1.29, 1.82) is 0 Å². The zero-order valence-corrected chi connectivity index (χ0v) is 24.9. The average Bonchev–Trinajstić information content (AvgIpc) is 3.88. The van der Waals surface area contributed by atoms with E-state index in [4.69, 9.17) is 23.8 Å². The van der Waals surface area contributed by atoms with Gasteiger partial charge in [-0.2, -0.15) is 9.59 Å². The number of aliphatic hydroxyl groups excluding tert-OH is 1. The largest absolute Gasteiger partial charge is 0.487 e. The summed E-state index contributed by atoms with van der Waals surface area (Å²) in [6, 6.07) is 11.6. The number of ether oxygens (including phenoxy) is 3. The van der Waals surface area contributed by atoms with Crippen LogP contribution in [0.2, 0.25) is 0 Å². The Morgan fingerprint density at radius 3 is 1.78 bits per heavy atom. The van der Waals surface area contributed by atoms with E-state index in [0.717, 1.165) is 52.5 Å². The van der Waals surface area contributed by atoms with E-state index in [0.29, 0.717) is 19.0 Å². The second-order valence-corrected chi connectivity index (χ2v) is 9.65. The van der Waals surface area contributed by atoms with Crippen molar-refractivity contribution < 1.29 is 28.9 Å². The molecular weight excluding hydrogens is 588 g/mol. The summed E-state index contributed by atoms with van der Waals surface area (Å²) in [6.07, 6.45) is 20.8. The molecule has 1 saturated heterocycles. The Morgan fingerprint density at radius 1 is 0.761 bits per heavy atom. The minimum atomic E-state index is -0.0641. The van der Waals surface area contributed by atoms with Gasteiger partial charge in [-0.3, -0.25) is 9.97 Å². The molecule has 0 radical (unpaired) electrons. The Kier molecular flexibility index (Phi) is 14.5. The zero-order chi connectivity index (χ0) is 31.7. The molecule has 7 heterocycles. The highest BCUT2D eigenvalue weighted by Gasteiger charge is 2.07. The minimum Gasteiger partial charge on any atom is -0.487 e.